The van der Waals surface area contributed by atoms with Crippen molar-refractivity contribution in [2.24, 2.45) is 17.6 Å². The van der Waals surface area contributed by atoms with Gasteiger partial charge < -0.3 is 15.5 Å². The average Bonchev–Trinajstić information content (AvgIpc) is 2.27. The highest BCUT2D eigenvalue weighted by atomic mass is 35.5. The molecule has 0 aromatic carbocycles. The zero-order chi connectivity index (χ0) is 13.0. The van der Waals surface area contributed by atoms with Crippen LogP contribution in [0.3, 0.4) is 0 Å². The van der Waals surface area contributed by atoms with Gasteiger partial charge in [-0.25, -0.2) is 0 Å². The predicted molar refractivity (Wildman–Crippen MR) is 85.2 cm³/mol. The Bertz CT molecular complexity index is 254. The number of carbonyl (C=O) groups excluding carboxylic acids is 1. The number of likely N-dealkylation sites (tertiary alicyclic amines) is 1. The topological polar surface area (TPSA) is 49.6 Å². The van der Waals surface area contributed by atoms with E-state index in [-0.39, 0.29) is 42.7 Å². The molecule has 6 heteroatoms. The normalized spacial score (nSPS) is 19.4. The lowest BCUT2D eigenvalue weighted by Crippen LogP contribution is -2.46. The molecule has 2 atom stereocenters. The van der Waals surface area contributed by atoms with Crippen LogP contribution in [-0.4, -0.2) is 55.5 Å². The standard InChI is InChI=1S/C13H27N3O.2ClH/c1-10(11(2)14)13(17)16-7-5-12(6-8-16)9-15(3)4;;/h10-12H,5-9,14H2,1-4H3;2*1H. The maximum atomic E-state index is 12.1. The van der Waals surface area contributed by atoms with Gasteiger partial charge in [0.1, 0.15) is 0 Å². The lowest BCUT2D eigenvalue weighted by atomic mass is 9.94. The Balaban J connectivity index is 0. The fraction of sp³-hybridized carbons (Fsp3) is 0.923. The Kier molecular flexibility index (Phi) is 11.0. The minimum absolute atomic E-state index is 0. The summed E-state index contributed by atoms with van der Waals surface area (Å²) in [6.07, 6.45) is 2.24. The second kappa shape index (κ2) is 9.81. The van der Waals surface area contributed by atoms with Crippen LogP contribution < -0.4 is 5.73 Å². The molecule has 0 bridgehead atoms. The van der Waals surface area contributed by atoms with E-state index in [4.69, 9.17) is 5.73 Å². The summed E-state index contributed by atoms with van der Waals surface area (Å²) >= 11 is 0. The number of nitrogens with zero attached hydrogens (tertiary/aromatic N) is 2. The van der Waals surface area contributed by atoms with Crippen molar-refractivity contribution < 1.29 is 4.79 Å². The van der Waals surface area contributed by atoms with Gasteiger partial charge in [-0.2, -0.15) is 0 Å². The summed E-state index contributed by atoms with van der Waals surface area (Å²) in [4.78, 5) is 16.3. The number of nitrogens with two attached hydrogens (primary N) is 1. The first-order valence-electron chi connectivity index (χ1n) is 6.61. The highest BCUT2D eigenvalue weighted by molar-refractivity contribution is 5.85. The molecule has 0 radical (unpaired) electrons. The molecule has 0 saturated carbocycles. The van der Waals surface area contributed by atoms with E-state index in [0.29, 0.717) is 0 Å². The third kappa shape index (κ3) is 6.80. The van der Waals surface area contributed by atoms with Gasteiger partial charge in [-0.3, -0.25) is 4.79 Å². The van der Waals surface area contributed by atoms with Crippen LogP contribution in [0.2, 0.25) is 0 Å². The number of amides is 1. The zero-order valence-electron chi connectivity index (χ0n) is 12.5. The second-order valence-electron chi connectivity index (χ2n) is 5.68. The van der Waals surface area contributed by atoms with Crippen molar-refractivity contribution in [3.8, 4) is 0 Å². The van der Waals surface area contributed by atoms with Gasteiger partial charge in [0, 0.05) is 25.7 Å². The Hall–Kier alpha value is -0.0300. The van der Waals surface area contributed by atoms with Crippen molar-refractivity contribution in [3.05, 3.63) is 0 Å². The fourth-order valence-corrected chi connectivity index (χ4v) is 2.37. The van der Waals surface area contributed by atoms with Crippen molar-refractivity contribution in [2.45, 2.75) is 32.7 Å². The first kappa shape index (κ1) is 21.3. The quantitative estimate of drug-likeness (QED) is 0.858. The molecule has 1 aliphatic rings. The highest BCUT2D eigenvalue weighted by Gasteiger charge is 2.27. The molecule has 0 aromatic rings. The summed E-state index contributed by atoms with van der Waals surface area (Å²) in [5.41, 5.74) is 5.78. The molecule has 4 nitrogen and oxygen atoms in total. The van der Waals surface area contributed by atoms with Crippen molar-refractivity contribution in [1.82, 2.24) is 9.80 Å². The lowest BCUT2D eigenvalue weighted by Gasteiger charge is -2.35. The monoisotopic (exact) mass is 313 g/mol. The van der Waals surface area contributed by atoms with E-state index in [1.165, 1.54) is 0 Å². The van der Waals surface area contributed by atoms with Crippen LogP contribution in [0.15, 0.2) is 0 Å². The smallest absolute Gasteiger partial charge is 0.226 e. The minimum Gasteiger partial charge on any atom is -0.342 e. The van der Waals surface area contributed by atoms with Gasteiger partial charge in [-0.05, 0) is 39.8 Å². The van der Waals surface area contributed by atoms with Gasteiger partial charge in [0.25, 0.3) is 0 Å². The first-order chi connectivity index (χ1) is 7.91. The van der Waals surface area contributed by atoms with Crippen molar-refractivity contribution in [3.63, 3.8) is 0 Å². The molecular weight excluding hydrogens is 285 g/mol. The second-order valence-corrected chi connectivity index (χ2v) is 5.68. The molecule has 1 aliphatic heterocycles. The summed E-state index contributed by atoms with van der Waals surface area (Å²) in [5, 5.41) is 0. The molecule has 0 aromatic heterocycles. The first-order valence-corrected chi connectivity index (χ1v) is 6.61. The Morgan fingerprint density at radius 2 is 1.74 bits per heavy atom. The van der Waals surface area contributed by atoms with E-state index in [1.807, 2.05) is 18.7 Å². The predicted octanol–water partition coefficient (Wildman–Crippen LogP) is 1.61. The molecule has 116 valence electrons. The molecule has 0 aliphatic carbocycles. The molecule has 1 fully saturated rings. The zero-order valence-corrected chi connectivity index (χ0v) is 14.1. The van der Waals surface area contributed by atoms with Crippen LogP contribution in [0.5, 0.6) is 0 Å². The number of halogens is 2. The van der Waals surface area contributed by atoms with E-state index in [9.17, 15) is 4.79 Å². The Labute approximate surface area is 129 Å². The summed E-state index contributed by atoms with van der Waals surface area (Å²) in [6, 6.07) is -0.0537. The Morgan fingerprint density at radius 3 is 2.11 bits per heavy atom. The molecule has 1 amide bonds. The van der Waals surface area contributed by atoms with E-state index >= 15 is 0 Å². The van der Waals surface area contributed by atoms with Gasteiger partial charge >= 0.3 is 0 Å². The largest absolute Gasteiger partial charge is 0.342 e. The summed E-state index contributed by atoms with van der Waals surface area (Å²) in [6.45, 7) is 6.76. The SMILES string of the molecule is CC(N)C(C)C(=O)N1CCC(CN(C)C)CC1.Cl.Cl. The van der Waals surface area contributed by atoms with E-state index in [0.717, 1.165) is 38.4 Å². The molecule has 19 heavy (non-hydrogen) atoms. The van der Waals surface area contributed by atoms with Gasteiger partial charge in [0.2, 0.25) is 5.91 Å². The van der Waals surface area contributed by atoms with E-state index < -0.39 is 0 Å². The molecule has 1 saturated heterocycles. The van der Waals surface area contributed by atoms with Gasteiger partial charge in [0.05, 0.1) is 5.92 Å². The lowest BCUT2D eigenvalue weighted by molar-refractivity contribution is -0.136. The third-order valence-electron chi connectivity index (χ3n) is 3.73. The average molecular weight is 314 g/mol. The van der Waals surface area contributed by atoms with E-state index in [1.54, 1.807) is 0 Å². The maximum Gasteiger partial charge on any atom is 0.226 e. The number of hydrogen-bond acceptors (Lipinski definition) is 3. The molecular formula is C13H29Cl2N3O. The highest BCUT2D eigenvalue weighted by Crippen LogP contribution is 2.19. The number of piperidine rings is 1. The summed E-state index contributed by atoms with van der Waals surface area (Å²) in [5.74, 6) is 0.906. The van der Waals surface area contributed by atoms with Crippen LogP contribution in [-0.2, 0) is 4.79 Å². The number of hydrogen-bond donors (Lipinski definition) is 1. The fourth-order valence-electron chi connectivity index (χ4n) is 2.37. The van der Waals surface area contributed by atoms with Gasteiger partial charge in [0.15, 0.2) is 0 Å². The van der Waals surface area contributed by atoms with Gasteiger partial charge in [-0.1, -0.05) is 6.92 Å². The van der Waals surface area contributed by atoms with Crippen LogP contribution >= 0.6 is 24.8 Å². The number of carbonyl (C=O) groups is 1. The van der Waals surface area contributed by atoms with Crippen LogP contribution in [0, 0.1) is 11.8 Å². The minimum atomic E-state index is -0.0552. The molecule has 1 heterocycles. The molecule has 2 unspecified atom stereocenters. The maximum absolute atomic E-state index is 12.1. The molecule has 0 spiro atoms. The van der Waals surface area contributed by atoms with Crippen LogP contribution in [0.25, 0.3) is 0 Å². The Morgan fingerprint density at radius 1 is 1.26 bits per heavy atom. The third-order valence-corrected chi connectivity index (χ3v) is 3.73. The molecule has 2 N–H and O–H groups in total. The van der Waals surface area contributed by atoms with Gasteiger partial charge in [-0.15, -0.1) is 24.8 Å². The summed E-state index contributed by atoms with van der Waals surface area (Å²) < 4.78 is 0. The van der Waals surface area contributed by atoms with Crippen LogP contribution in [0.4, 0.5) is 0 Å². The van der Waals surface area contributed by atoms with Crippen molar-refractivity contribution in [2.75, 3.05) is 33.7 Å². The van der Waals surface area contributed by atoms with Crippen LogP contribution in [0.1, 0.15) is 26.7 Å². The summed E-state index contributed by atoms with van der Waals surface area (Å²) in [7, 11) is 4.21. The molecule has 1 rings (SSSR count). The van der Waals surface area contributed by atoms with Crippen molar-refractivity contribution >= 4 is 30.7 Å². The number of rotatable bonds is 4. The van der Waals surface area contributed by atoms with E-state index in [2.05, 4.69) is 19.0 Å². The van der Waals surface area contributed by atoms with Crippen molar-refractivity contribution in [1.29, 1.82) is 0 Å².